The van der Waals surface area contributed by atoms with E-state index in [0.717, 1.165) is 6.42 Å². The number of aliphatic hydroxyl groups is 1. The van der Waals surface area contributed by atoms with Crippen LogP contribution in [0, 0.1) is 10.8 Å². The smallest absolute Gasteiger partial charge is 0.225 e. The molecule has 0 fully saturated rings. The van der Waals surface area contributed by atoms with Gasteiger partial charge in [0.15, 0.2) is 0 Å². The predicted octanol–water partition coefficient (Wildman–Crippen LogP) is 1.56. The average Bonchev–Trinajstić information content (AvgIpc) is 1.95. The first-order valence-corrected chi connectivity index (χ1v) is 5.08. The Morgan fingerprint density at radius 2 is 1.71 bits per heavy atom. The summed E-state index contributed by atoms with van der Waals surface area (Å²) in [6.45, 7) is 10.6. The quantitative estimate of drug-likeness (QED) is 0.725. The summed E-state index contributed by atoms with van der Waals surface area (Å²) in [5.74, 6) is 0.0153. The van der Waals surface area contributed by atoms with Gasteiger partial charge in [-0.05, 0) is 11.8 Å². The van der Waals surface area contributed by atoms with Crippen LogP contribution in [-0.4, -0.2) is 24.2 Å². The third kappa shape index (κ3) is 5.22. The minimum atomic E-state index is -0.368. The number of carbonyl (C=O) groups is 1. The van der Waals surface area contributed by atoms with Crippen LogP contribution >= 0.6 is 0 Å². The lowest BCUT2D eigenvalue weighted by Gasteiger charge is -2.31. The molecule has 0 aromatic heterocycles. The number of aliphatic hydroxyl groups excluding tert-OH is 1. The van der Waals surface area contributed by atoms with Crippen LogP contribution in [0.4, 0.5) is 0 Å². The lowest BCUT2D eigenvalue weighted by molar-refractivity contribution is -0.131. The minimum Gasteiger partial charge on any atom is -0.395 e. The van der Waals surface area contributed by atoms with Gasteiger partial charge in [-0.15, -0.1) is 0 Å². The molecule has 3 nitrogen and oxygen atoms in total. The Kier molecular flexibility index (Phi) is 4.59. The van der Waals surface area contributed by atoms with Crippen molar-refractivity contribution in [3.63, 3.8) is 0 Å². The standard InChI is InChI=1S/C11H23NO2/c1-10(2,3)8-11(4,5)9(14)12-6-7-13/h13H,6-8H2,1-5H3,(H,12,14). The molecule has 2 N–H and O–H groups in total. The highest BCUT2D eigenvalue weighted by molar-refractivity contribution is 5.81. The molecule has 0 aliphatic rings. The van der Waals surface area contributed by atoms with Crippen LogP contribution in [0.1, 0.15) is 41.0 Å². The lowest BCUT2D eigenvalue weighted by atomic mass is 9.76. The maximum Gasteiger partial charge on any atom is 0.225 e. The Labute approximate surface area is 86.9 Å². The van der Waals surface area contributed by atoms with E-state index < -0.39 is 0 Å². The second-order valence-corrected chi connectivity index (χ2v) is 5.60. The van der Waals surface area contributed by atoms with Crippen molar-refractivity contribution in [2.45, 2.75) is 41.0 Å². The first-order chi connectivity index (χ1) is 6.19. The fourth-order valence-corrected chi connectivity index (χ4v) is 1.81. The third-order valence-corrected chi connectivity index (χ3v) is 1.98. The van der Waals surface area contributed by atoms with Crippen molar-refractivity contribution in [3.05, 3.63) is 0 Å². The summed E-state index contributed by atoms with van der Waals surface area (Å²) in [7, 11) is 0. The first-order valence-electron chi connectivity index (χ1n) is 5.08. The average molecular weight is 201 g/mol. The van der Waals surface area contributed by atoms with E-state index >= 15 is 0 Å². The van der Waals surface area contributed by atoms with E-state index in [1.807, 2.05) is 13.8 Å². The summed E-state index contributed by atoms with van der Waals surface area (Å²) in [4.78, 5) is 11.7. The Morgan fingerprint density at radius 1 is 1.21 bits per heavy atom. The van der Waals surface area contributed by atoms with Crippen molar-refractivity contribution in [3.8, 4) is 0 Å². The molecule has 0 aromatic carbocycles. The number of hydrogen-bond acceptors (Lipinski definition) is 2. The van der Waals surface area contributed by atoms with Gasteiger partial charge in [-0.1, -0.05) is 34.6 Å². The van der Waals surface area contributed by atoms with Crippen molar-refractivity contribution >= 4 is 5.91 Å². The van der Waals surface area contributed by atoms with Gasteiger partial charge in [0.05, 0.1) is 6.61 Å². The van der Waals surface area contributed by atoms with Crippen molar-refractivity contribution in [1.82, 2.24) is 5.32 Å². The van der Waals surface area contributed by atoms with Crippen LogP contribution in [-0.2, 0) is 4.79 Å². The van der Waals surface area contributed by atoms with Crippen molar-refractivity contribution in [1.29, 1.82) is 0 Å². The summed E-state index contributed by atoms with van der Waals surface area (Å²) in [5, 5.41) is 11.3. The van der Waals surface area contributed by atoms with Crippen molar-refractivity contribution in [2.75, 3.05) is 13.2 Å². The molecular weight excluding hydrogens is 178 g/mol. The number of amides is 1. The normalized spacial score (nSPS) is 12.7. The maximum absolute atomic E-state index is 11.7. The summed E-state index contributed by atoms with van der Waals surface area (Å²) in [6.07, 6.45) is 0.831. The highest BCUT2D eigenvalue weighted by atomic mass is 16.3. The third-order valence-electron chi connectivity index (χ3n) is 1.98. The molecule has 0 spiro atoms. The monoisotopic (exact) mass is 201 g/mol. The molecule has 0 unspecified atom stereocenters. The van der Waals surface area contributed by atoms with Gasteiger partial charge in [0.25, 0.3) is 0 Å². The molecule has 84 valence electrons. The molecule has 0 rings (SSSR count). The molecule has 0 saturated carbocycles. The second kappa shape index (κ2) is 4.78. The Bertz CT molecular complexity index is 192. The van der Waals surface area contributed by atoms with Crippen LogP contribution in [0.2, 0.25) is 0 Å². The number of hydrogen-bond donors (Lipinski definition) is 2. The van der Waals surface area contributed by atoms with Gasteiger partial charge in [0.2, 0.25) is 5.91 Å². The SMILES string of the molecule is CC(C)(C)CC(C)(C)C(=O)NCCO. The molecule has 0 aromatic rings. The van der Waals surface area contributed by atoms with Crippen LogP contribution in [0.5, 0.6) is 0 Å². The molecule has 0 radical (unpaired) electrons. The fourth-order valence-electron chi connectivity index (χ4n) is 1.81. The molecule has 3 heteroatoms. The van der Waals surface area contributed by atoms with E-state index in [4.69, 9.17) is 5.11 Å². The summed E-state index contributed by atoms with van der Waals surface area (Å²) >= 11 is 0. The first kappa shape index (κ1) is 13.4. The number of nitrogens with one attached hydrogen (secondary N) is 1. The summed E-state index contributed by atoms with van der Waals surface area (Å²) < 4.78 is 0. The van der Waals surface area contributed by atoms with E-state index in [2.05, 4.69) is 26.1 Å². The van der Waals surface area contributed by atoms with Crippen LogP contribution in [0.25, 0.3) is 0 Å². The highest BCUT2D eigenvalue weighted by Crippen LogP contribution is 2.33. The van der Waals surface area contributed by atoms with Gasteiger partial charge in [0.1, 0.15) is 0 Å². The molecular formula is C11H23NO2. The Morgan fingerprint density at radius 3 is 2.07 bits per heavy atom. The molecule has 0 heterocycles. The van der Waals surface area contributed by atoms with Crippen LogP contribution in [0.15, 0.2) is 0 Å². The largest absolute Gasteiger partial charge is 0.395 e. The second-order valence-electron chi connectivity index (χ2n) is 5.60. The molecule has 0 bridgehead atoms. The highest BCUT2D eigenvalue weighted by Gasteiger charge is 2.31. The Balaban J connectivity index is 4.23. The topological polar surface area (TPSA) is 49.3 Å². The van der Waals surface area contributed by atoms with Crippen LogP contribution in [0.3, 0.4) is 0 Å². The summed E-state index contributed by atoms with van der Waals surface area (Å²) in [6, 6.07) is 0. The van der Waals surface area contributed by atoms with Gasteiger partial charge >= 0.3 is 0 Å². The zero-order valence-electron chi connectivity index (χ0n) is 9.98. The van der Waals surface area contributed by atoms with Crippen LogP contribution < -0.4 is 5.32 Å². The van der Waals surface area contributed by atoms with Gasteiger partial charge in [-0.25, -0.2) is 0 Å². The van der Waals surface area contributed by atoms with E-state index in [-0.39, 0.29) is 23.3 Å². The zero-order valence-corrected chi connectivity index (χ0v) is 9.98. The Hall–Kier alpha value is -0.570. The van der Waals surface area contributed by atoms with E-state index in [1.165, 1.54) is 0 Å². The maximum atomic E-state index is 11.7. The molecule has 1 amide bonds. The van der Waals surface area contributed by atoms with Crippen molar-refractivity contribution in [2.24, 2.45) is 10.8 Å². The number of carbonyl (C=O) groups excluding carboxylic acids is 1. The molecule has 0 aliphatic heterocycles. The van der Waals surface area contributed by atoms with E-state index in [9.17, 15) is 4.79 Å². The predicted molar refractivity (Wildman–Crippen MR) is 57.9 cm³/mol. The molecule has 14 heavy (non-hydrogen) atoms. The van der Waals surface area contributed by atoms with E-state index in [1.54, 1.807) is 0 Å². The lowest BCUT2D eigenvalue weighted by Crippen LogP contribution is -2.40. The van der Waals surface area contributed by atoms with Gasteiger partial charge in [-0.3, -0.25) is 4.79 Å². The van der Waals surface area contributed by atoms with Crippen molar-refractivity contribution < 1.29 is 9.90 Å². The summed E-state index contributed by atoms with van der Waals surface area (Å²) in [5.41, 5.74) is -0.229. The van der Waals surface area contributed by atoms with Gasteiger partial charge in [0, 0.05) is 12.0 Å². The minimum absolute atomic E-state index is 0.00264. The van der Waals surface area contributed by atoms with Gasteiger partial charge in [-0.2, -0.15) is 0 Å². The fraction of sp³-hybridized carbons (Fsp3) is 0.909. The molecule has 0 atom stereocenters. The van der Waals surface area contributed by atoms with E-state index in [0.29, 0.717) is 6.54 Å². The molecule has 0 aliphatic carbocycles. The molecule has 0 saturated heterocycles. The number of rotatable bonds is 4. The zero-order chi connectivity index (χ0) is 11.4. The van der Waals surface area contributed by atoms with Gasteiger partial charge < -0.3 is 10.4 Å².